The number of carbonyl (C=O) groups is 1. The molecule has 0 saturated carbocycles. The highest BCUT2D eigenvalue weighted by atomic mass is 79.9. The Morgan fingerprint density at radius 1 is 1.21 bits per heavy atom. The van der Waals surface area contributed by atoms with Gasteiger partial charge in [-0.05, 0) is 67.2 Å². The molecule has 150 valence electrons. The fourth-order valence-electron chi connectivity index (χ4n) is 3.42. The first-order chi connectivity index (χ1) is 13.3. The second kappa shape index (κ2) is 8.95. The van der Waals surface area contributed by atoms with Crippen LogP contribution in [0.15, 0.2) is 53.3 Å². The first kappa shape index (κ1) is 20.6. The Balaban J connectivity index is 1.81. The molecule has 0 spiro atoms. The molecule has 1 aliphatic rings. The lowest BCUT2D eigenvalue weighted by molar-refractivity contribution is 0.00573. The van der Waals surface area contributed by atoms with Crippen molar-refractivity contribution in [2.75, 3.05) is 13.1 Å². The molecule has 1 amide bonds. The van der Waals surface area contributed by atoms with Gasteiger partial charge in [0, 0.05) is 25.2 Å². The van der Waals surface area contributed by atoms with E-state index in [4.69, 9.17) is 9.47 Å². The van der Waals surface area contributed by atoms with E-state index in [1.54, 1.807) is 11.1 Å². The molecular formula is C22H27BrN2O3. The van der Waals surface area contributed by atoms with Gasteiger partial charge in [-0.15, -0.1) is 0 Å². The molecule has 6 heteroatoms. The molecule has 1 aromatic carbocycles. The van der Waals surface area contributed by atoms with Gasteiger partial charge in [0.15, 0.2) is 5.75 Å². The highest BCUT2D eigenvalue weighted by molar-refractivity contribution is 9.10. The van der Waals surface area contributed by atoms with E-state index in [-0.39, 0.29) is 18.1 Å². The van der Waals surface area contributed by atoms with E-state index in [0.717, 1.165) is 18.4 Å². The van der Waals surface area contributed by atoms with Crippen molar-refractivity contribution in [3.63, 3.8) is 0 Å². The number of carbonyl (C=O) groups excluding carboxylic acids is 1. The van der Waals surface area contributed by atoms with Gasteiger partial charge in [-0.1, -0.05) is 30.3 Å². The summed E-state index contributed by atoms with van der Waals surface area (Å²) < 4.78 is 12.7. The minimum Gasteiger partial charge on any atom is -0.483 e. The van der Waals surface area contributed by atoms with Crippen molar-refractivity contribution in [2.45, 2.75) is 45.3 Å². The Labute approximate surface area is 175 Å². The van der Waals surface area contributed by atoms with Crippen molar-refractivity contribution in [3.8, 4) is 5.75 Å². The van der Waals surface area contributed by atoms with Crippen molar-refractivity contribution < 1.29 is 14.3 Å². The Morgan fingerprint density at radius 3 is 2.64 bits per heavy atom. The number of pyridine rings is 1. The highest BCUT2D eigenvalue weighted by Crippen LogP contribution is 2.36. The van der Waals surface area contributed by atoms with Crippen LogP contribution >= 0.6 is 15.9 Å². The number of benzene rings is 1. The van der Waals surface area contributed by atoms with Crippen molar-refractivity contribution in [1.82, 2.24) is 9.88 Å². The second-order valence-corrected chi connectivity index (χ2v) is 8.82. The quantitative estimate of drug-likeness (QED) is 0.572. The third-order valence-corrected chi connectivity index (χ3v) is 5.24. The minimum atomic E-state index is -0.500. The van der Waals surface area contributed by atoms with Gasteiger partial charge in [0.05, 0.1) is 0 Å². The van der Waals surface area contributed by atoms with Crippen LogP contribution in [0.25, 0.3) is 0 Å². The fraction of sp³-hybridized carbons (Fsp3) is 0.455. The predicted octanol–water partition coefficient (Wildman–Crippen LogP) is 5.61. The summed E-state index contributed by atoms with van der Waals surface area (Å²) in [5, 5.41) is 0. The van der Waals surface area contributed by atoms with E-state index < -0.39 is 5.60 Å². The average Bonchev–Trinajstić information content (AvgIpc) is 2.67. The first-order valence-electron chi connectivity index (χ1n) is 9.63. The third kappa shape index (κ3) is 5.47. The van der Waals surface area contributed by atoms with Gasteiger partial charge >= 0.3 is 6.09 Å². The van der Waals surface area contributed by atoms with Crippen molar-refractivity contribution in [1.29, 1.82) is 0 Å². The molecule has 1 unspecified atom stereocenters. The van der Waals surface area contributed by atoms with Gasteiger partial charge in [-0.25, -0.2) is 9.78 Å². The largest absolute Gasteiger partial charge is 0.483 e. The molecular weight excluding hydrogens is 420 g/mol. The number of aromatic nitrogens is 1. The summed E-state index contributed by atoms with van der Waals surface area (Å²) in [5.41, 5.74) is 0.592. The van der Waals surface area contributed by atoms with E-state index in [1.165, 1.54) is 0 Å². The maximum Gasteiger partial charge on any atom is 0.410 e. The number of hydrogen-bond donors (Lipinski definition) is 0. The lowest BCUT2D eigenvalue weighted by atomic mass is 9.88. The van der Waals surface area contributed by atoms with E-state index in [2.05, 4.69) is 33.0 Å². The lowest BCUT2D eigenvalue weighted by Gasteiger charge is -2.37. The van der Waals surface area contributed by atoms with Crippen LogP contribution in [0.2, 0.25) is 0 Å². The number of ether oxygens (including phenoxy) is 2. The number of hydrogen-bond acceptors (Lipinski definition) is 4. The summed E-state index contributed by atoms with van der Waals surface area (Å²) in [6, 6.07) is 13.9. The van der Waals surface area contributed by atoms with Gasteiger partial charge in [0.2, 0.25) is 0 Å². The number of rotatable bonds is 4. The van der Waals surface area contributed by atoms with Gasteiger partial charge < -0.3 is 14.4 Å². The van der Waals surface area contributed by atoms with E-state index in [1.807, 2.05) is 51.1 Å². The monoisotopic (exact) mass is 446 g/mol. The molecule has 1 aliphatic heterocycles. The molecule has 0 N–H and O–H groups in total. The van der Waals surface area contributed by atoms with Crippen LogP contribution in [-0.4, -0.2) is 34.7 Å². The summed E-state index contributed by atoms with van der Waals surface area (Å²) >= 11 is 3.47. The Bertz CT molecular complexity index is 792. The van der Waals surface area contributed by atoms with Crippen LogP contribution in [0.1, 0.15) is 45.3 Å². The summed E-state index contributed by atoms with van der Waals surface area (Å²) in [6.07, 6.45) is 3.19. The maximum absolute atomic E-state index is 12.6. The molecule has 2 aromatic rings. The first-order valence-corrected chi connectivity index (χ1v) is 10.4. The topological polar surface area (TPSA) is 51.7 Å². The van der Waals surface area contributed by atoms with E-state index in [9.17, 15) is 4.79 Å². The average molecular weight is 447 g/mol. The Hall–Kier alpha value is -2.08. The number of likely N-dealkylation sites (tertiary alicyclic amines) is 1. The molecule has 28 heavy (non-hydrogen) atoms. The molecule has 2 atom stereocenters. The summed E-state index contributed by atoms with van der Waals surface area (Å²) in [6.45, 7) is 6.99. The normalized spacial score (nSPS) is 18.4. The number of nitrogens with zero attached hydrogens (tertiary/aromatic N) is 2. The summed E-state index contributed by atoms with van der Waals surface area (Å²) in [4.78, 5) is 18.6. The van der Waals surface area contributed by atoms with Crippen LogP contribution < -0.4 is 4.74 Å². The predicted molar refractivity (Wildman–Crippen MR) is 112 cm³/mol. The zero-order valence-corrected chi connectivity index (χ0v) is 18.2. The van der Waals surface area contributed by atoms with Crippen LogP contribution in [0.5, 0.6) is 5.75 Å². The van der Waals surface area contributed by atoms with Gasteiger partial charge in [0.1, 0.15) is 16.3 Å². The zero-order valence-electron chi connectivity index (χ0n) is 16.6. The number of amides is 1. The van der Waals surface area contributed by atoms with Crippen LogP contribution in [-0.2, 0) is 4.74 Å². The third-order valence-electron chi connectivity index (χ3n) is 4.64. The molecule has 1 fully saturated rings. The van der Waals surface area contributed by atoms with Gasteiger partial charge in [-0.2, -0.15) is 0 Å². The molecule has 0 bridgehead atoms. The molecule has 1 aromatic heterocycles. The summed E-state index contributed by atoms with van der Waals surface area (Å²) in [7, 11) is 0. The number of piperidine rings is 1. The molecule has 0 radical (unpaired) electrons. The Morgan fingerprint density at radius 2 is 1.96 bits per heavy atom. The van der Waals surface area contributed by atoms with E-state index in [0.29, 0.717) is 23.4 Å². The Kier molecular flexibility index (Phi) is 6.60. The van der Waals surface area contributed by atoms with Crippen LogP contribution in [0.4, 0.5) is 4.79 Å². The zero-order chi connectivity index (χ0) is 20.1. The van der Waals surface area contributed by atoms with Crippen molar-refractivity contribution >= 4 is 22.0 Å². The number of halogens is 1. The van der Waals surface area contributed by atoms with Crippen molar-refractivity contribution in [2.24, 2.45) is 5.92 Å². The molecule has 2 heterocycles. The second-order valence-electron chi connectivity index (χ2n) is 8.07. The van der Waals surface area contributed by atoms with Gasteiger partial charge in [0.25, 0.3) is 0 Å². The molecule has 3 rings (SSSR count). The van der Waals surface area contributed by atoms with Gasteiger partial charge in [-0.3, -0.25) is 0 Å². The van der Waals surface area contributed by atoms with Crippen LogP contribution in [0.3, 0.4) is 0 Å². The molecule has 5 nitrogen and oxygen atoms in total. The molecule has 1 saturated heterocycles. The smallest absolute Gasteiger partial charge is 0.410 e. The minimum absolute atomic E-state index is 0.163. The standard InChI is InChI=1S/C22H27BrN2O3/c1-22(2,3)28-21(26)25-14-8-11-17(15-25)19(16-9-5-4-6-10-16)27-18-12-7-13-24-20(18)23/h4-7,9-10,12-13,17,19H,8,11,14-15H2,1-3H3/t17?,19-/m1/s1. The van der Waals surface area contributed by atoms with Crippen molar-refractivity contribution in [3.05, 3.63) is 58.8 Å². The van der Waals surface area contributed by atoms with Crippen LogP contribution in [0, 0.1) is 5.92 Å². The maximum atomic E-state index is 12.6. The fourth-order valence-corrected chi connectivity index (χ4v) is 3.77. The summed E-state index contributed by atoms with van der Waals surface area (Å²) in [5.74, 6) is 0.863. The molecule has 0 aliphatic carbocycles. The SMILES string of the molecule is CC(C)(C)OC(=O)N1CCCC([C@H](Oc2cccnc2Br)c2ccccc2)C1. The van der Waals surface area contributed by atoms with E-state index >= 15 is 0 Å². The highest BCUT2D eigenvalue weighted by Gasteiger charge is 2.34. The lowest BCUT2D eigenvalue weighted by Crippen LogP contribution is -2.44.